The molecule has 5 heteroatoms. The molecule has 0 unspecified atom stereocenters. The Balaban J connectivity index is 1.88. The molecule has 1 amide bonds. The zero-order chi connectivity index (χ0) is 18.1. The summed E-state index contributed by atoms with van der Waals surface area (Å²) in [6.07, 6.45) is 0.604. The first-order valence-corrected chi connectivity index (χ1v) is 7.87. The van der Waals surface area contributed by atoms with Crippen LogP contribution in [-0.4, -0.2) is 17.6 Å². The van der Waals surface area contributed by atoms with Crippen molar-refractivity contribution in [3.8, 4) is 0 Å². The molecule has 0 saturated heterocycles. The van der Waals surface area contributed by atoms with Gasteiger partial charge >= 0.3 is 12.1 Å². The zero-order valence-corrected chi connectivity index (χ0v) is 14.1. The predicted molar refractivity (Wildman–Crippen MR) is 94.6 cm³/mol. The number of nitrogens with one attached hydrogen (secondary N) is 1. The second kappa shape index (κ2) is 8.68. The van der Waals surface area contributed by atoms with Gasteiger partial charge in [-0.3, -0.25) is 0 Å². The molecule has 0 bridgehead atoms. The normalized spacial score (nSPS) is 12.5. The van der Waals surface area contributed by atoms with E-state index in [9.17, 15) is 9.59 Å². The van der Waals surface area contributed by atoms with Crippen LogP contribution in [0.3, 0.4) is 0 Å². The highest BCUT2D eigenvalue weighted by Gasteiger charge is 2.34. The molecule has 0 aromatic heterocycles. The topological polar surface area (TPSA) is 64.6 Å². The van der Waals surface area contributed by atoms with Crippen molar-refractivity contribution in [2.75, 3.05) is 0 Å². The SMILES string of the molecule is C=C[C@](C)(NC(=O)OCc1ccccc1)C(=O)OCc1ccccc1. The molecule has 0 saturated carbocycles. The Hall–Kier alpha value is -3.08. The van der Waals surface area contributed by atoms with Crippen molar-refractivity contribution in [2.45, 2.75) is 25.7 Å². The first-order valence-electron chi connectivity index (χ1n) is 7.87. The number of hydrogen-bond donors (Lipinski definition) is 1. The molecular weight excluding hydrogens is 318 g/mol. The summed E-state index contributed by atoms with van der Waals surface area (Å²) in [6, 6.07) is 18.5. The maximum Gasteiger partial charge on any atom is 0.408 e. The van der Waals surface area contributed by atoms with Gasteiger partial charge in [0.05, 0.1) is 0 Å². The van der Waals surface area contributed by atoms with Gasteiger partial charge in [0.25, 0.3) is 0 Å². The maximum absolute atomic E-state index is 12.3. The minimum Gasteiger partial charge on any atom is -0.459 e. The summed E-state index contributed by atoms with van der Waals surface area (Å²) in [6.45, 7) is 5.35. The Bertz CT molecular complexity index is 715. The Labute approximate surface area is 147 Å². The van der Waals surface area contributed by atoms with E-state index in [0.29, 0.717) is 0 Å². The van der Waals surface area contributed by atoms with E-state index in [1.807, 2.05) is 60.7 Å². The van der Waals surface area contributed by atoms with E-state index in [-0.39, 0.29) is 13.2 Å². The molecule has 0 heterocycles. The Morgan fingerprint density at radius 1 is 0.960 bits per heavy atom. The molecule has 25 heavy (non-hydrogen) atoms. The van der Waals surface area contributed by atoms with E-state index in [1.165, 1.54) is 13.0 Å². The molecule has 0 aliphatic heterocycles. The van der Waals surface area contributed by atoms with Crippen LogP contribution in [0.2, 0.25) is 0 Å². The lowest BCUT2D eigenvalue weighted by molar-refractivity contribution is -0.150. The highest BCUT2D eigenvalue weighted by atomic mass is 16.6. The van der Waals surface area contributed by atoms with Crippen molar-refractivity contribution in [3.63, 3.8) is 0 Å². The third kappa shape index (κ3) is 5.49. The summed E-state index contributed by atoms with van der Waals surface area (Å²) >= 11 is 0. The highest BCUT2D eigenvalue weighted by molar-refractivity contribution is 5.87. The van der Waals surface area contributed by atoms with Crippen molar-refractivity contribution in [1.82, 2.24) is 5.32 Å². The lowest BCUT2D eigenvalue weighted by Gasteiger charge is -2.24. The number of alkyl carbamates (subject to hydrolysis) is 1. The second-order valence-corrected chi connectivity index (χ2v) is 5.65. The number of benzene rings is 2. The van der Waals surface area contributed by atoms with Gasteiger partial charge in [-0.05, 0) is 18.1 Å². The number of carbonyl (C=O) groups is 2. The molecule has 1 atom stereocenters. The van der Waals surface area contributed by atoms with Crippen LogP contribution in [0.15, 0.2) is 73.3 Å². The molecule has 1 N–H and O–H groups in total. The standard InChI is InChI=1S/C20H21NO4/c1-3-20(2,18(22)24-14-16-10-6-4-7-11-16)21-19(23)25-15-17-12-8-5-9-13-17/h3-13H,1,14-15H2,2H3,(H,21,23)/t20-/m0/s1. The molecule has 0 radical (unpaired) electrons. The van der Waals surface area contributed by atoms with Crippen LogP contribution < -0.4 is 5.32 Å². The van der Waals surface area contributed by atoms with Crippen LogP contribution in [0.5, 0.6) is 0 Å². The Morgan fingerprint density at radius 2 is 1.44 bits per heavy atom. The second-order valence-electron chi connectivity index (χ2n) is 5.65. The molecule has 2 rings (SSSR count). The van der Waals surface area contributed by atoms with Crippen molar-refractivity contribution in [1.29, 1.82) is 0 Å². The number of esters is 1. The van der Waals surface area contributed by atoms with Gasteiger partial charge < -0.3 is 14.8 Å². The summed E-state index contributed by atoms with van der Waals surface area (Å²) in [4.78, 5) is 24.3. The fourth-order valence-corrected chi connectivity index (χ4v) is 2.03. The van der Waals surface area contributed by atoms with Gasteiger partial charge in [0.15, 0.2) is 5.54 Å². The first-order chi connectivity index (χ1) is 12.0. The van der Waals surface area contributed by atoms with Crippen molar-refractivity contribution in [3.05, 3.63) is 84.4 Å². The number of hydrogen-bond acceptors (Lipinski definition) is 4. The van der Waals surface area contributed by atoms with E-state index in [0.717, 1.165) is 11.1 Å². The van der Waals surface area contributed by atoms with Gasteiger partial charge in [-0.1, -0.05) is 66.7 Å². The number of amides is 1. The average Bonchev–Trinajstić information content (AvgIpc) is 2.66. The fraction of sp³-hybridized carbons (Fsp3) is 0.200. The third-order valence-electron chi connectivity index (χ3n) is 3.62. The minimum atomic E-state index is -1.37. The summed E-state index contributed by atoms with van der Waals surface area (Å²) in [7, 11) is 0. The number of ether oxygens (including phenoxy) is 2. The summed E-state index contributed by atoms with van der Waals surface area (Å²) in [5.41, 5.74) is 0.335. The van der Waals surface area contributed by atoms with Crippen molar-refractivity contribution < 1.29 is 19.1 Å². The summed E-state index contributed by atoms with van der Waals surface area (Å²) in [5.74, 6) is -0.608. The lowest BCUT2D eigenvalue weighted by atomic mass is 10.0. The average molecular weight is 339 g/mol. The van der Waals surface area contributed by atoms with E-state index in [1.54, 1.807) is 0 Å². The summed E-state index contributed by atoms with van der Waals surface area (Å²) in [5, 5.41) is 2.50. The number of rotatable bonds is 7. The van der Waals surface area contributed by atoms with E-state index in [4.69, 9.17) is 9.47 Å². The van der Waals surface area contributed by atoms with E-state index >= 15 is 0 Å². The molecule has 130 valence electrons. The van der Waals surface area contributed by atoms with Gasteiger partial charge in [0.1, 0.15) is 13.2 Å². The zero-order valence-electron chi connectivity index (χ0n) is 14.1. The first kappa shape index (κ1) is 18.3. The van der Waals surface area contributed by atoms with E-state index < -0.39 is 17.6 Å². The van der Waals surface area contributed by atoms with Gasteiger partial charge in [-0.2, -0.15) is 0 Å². The molecule has 2 aromatic carbocycles. The van der Waals surface area contributed by atoms with Crippen molar-refractivity contribution >= 4 is 12.1 Å². The van der Waals surface area contributed by atoms with Crippen LogP contribution in [0.1, 0.15) is 18.1 Å². The largest absolute Gasteiger partial charge is 0.459 e. The molecule has 0 spiro atoms. The van der Waals surface area contributed by atoms with Gasteiger partial charge in [-0.15, -0.1) is 6.58 Å². The smallest absolute Gasteiger partial charge is 0.408 e. The van der Waals surface area contributed by atoms with Gasteiger partial charge in [0, 0.05) is 0 Å². The molecule has 0 fully saturated rings. The van der Waals surface area contributed by atoms with Crippen LogP contribution in [0.25, 0.3) is 0 Å². The quantitative estimate of drug-likeness (QED) is 0.618. The third-order valence-corrected chi connectivity index (χ3v) is 3.62. The van der Waals surface area contributed by atoms with Crippen LogP contribution in [0, 0.1) is 0 Å². The molecular formula is C20H21NO4. The van der Waals surface area contributed by atoms with Crippen LogP contribution in [-0.2, 0) is 27.5 Å². The lowest BCUT2D eigenvalue weighted by Crippen LogP contribution is -2.51. The van der Waals surface area contributed by atoms with Crippen LogP contribution >= 0.6 is 0 Å². The minimum absolute atomic E-state index is 0.110. The van der Waals surface area contributed by atoms with Gasteiger partial charge in [0.2, 0.25) is 0 Å². The molecule has 0 aliphatic carbocycles. The Kier molecular flexibility index (Phi) is 6.34. The monoisotopic (exact) mass is 339 g/mol. The number of carbonyl (C=O) groups excluding carboxylic acids is 2. The van der Waals surface area contributed by atoms with Gasteiger partial charge in [-0.25, -0.2) is 9.59 Å². The van der Waals surface area contributed by atoms with Crippen LogP contribution in [0.4, 0.5) is 4.79 Å². The molecule has 2 aromatic rings. The Morgan fingerprint density at radius 3 is 1.92 bits per heavy atom. The fourth-order valence-electron chi connectivity index (χ4n) is 2.03. The van der Waals surface area contributed by atoms with Crippen molar-refractivity contribution in [2.24, 2.45) is 0 Å². The molecule has 0 aliphatic rings. The summed E-state index contributed by atoms with van der Waals surface area (Å²) < 4.78 is 10.4. The molecule has 5 nitrogen and oxygen atoms in total. The predicted octanol–water partition coefficient (Wildman–Crippen LogP) is 3.60. The maximum atomic E-state index is 12.3. The van der Waals surface area contributed by atoms with E-state index in [2.05, 4.69) is 11.9 Å². The highest BCUT2D eigenvalue weighted by Crippen LogP contribution is 2.12.